The van der Waals surface area contributed by atoms with Gasteiger partial charge >= 0.3 is 5.69 Å². The van der Waals surface area contributed by atoms with Crippen molar-refractivity contribution in [2.45, 2.75) is 39.8 Å². The molecule has 0 aliphatic heterocycles. The van der Waals surface area contributed by atoms with E-state index in [2.05, 4.69) is 23.4 Å². The average Bonchev–Trinajstić information content (AvgIpc) is 3.18. The van der Waals surface area contributed by atoms with Crippen LogP contribution in [0, 0.1) is 12.7 Å². The van der Waals surface area contributed by atoms with Gasteiger partial charge in [-0.15, -0.1) is 0 Å². The summed E-state index contributed by atoms with van der Waals surface area (Å²) in [5.74, 6) is 0.173. The van der Waals surface area contributed by atoms with Crippen LogP contribution < -0.4 is 11.2 Å². The Morgan fingerprint density at radius 1 is 1.21 bits per heavy atom. The van der Waals surface area contributed by atoms with Gasteiger partial charge in [0.15, 0.2) is 11.2 Å². The first-order valence-corrected chi connectivity index (χ1v) is 9.28. The number of benzene rings is 1. The maximum absolute atomic E-state index is 14.1. The molecular weight excluding hydrogens is 361 g/mol. The normalized spacial score (nSPS) is 12.9. The van der Waals surface area contributed by atoms with Gasteiger partial charge in [0.2, 0.25) is 5.78 Å². The van der Waals surface area contributed by atoms with Gasteiger partial charge in [-0.3, -0.25) is 18.3 Å². The molecule has 0 spiro atoms. The van der Waals surface area contributed by atoms with Crippen LogP contribution in [-0.2, 0) is 13.6 Å². The number of hydrogen-bond acceptors (Lipinski definition) is 3. The van der Waals surface area contributed by atoms with Gasteiger partial charge in [0.1, 0.15) is 5.82 Å². The number of hydrogen-bond donors (Lipinski definition) is 0. The van der Waals surface area contributed by atoms with Gasteiger partial charge in [0.25, 0.3) is 5.56 Å². The summed E-state index contributed by atoms with van der Waals surface area (Å²) in [6.07, 6.45) is 2.76. The van der Waals surface area contributed by atoms with Crippen molar-refractivity contribution in [3.8, 4) is 0 Å². The van der Waals surface area contributed by atoms with Crippen LogP contribution in [0.1, 0.15) is 37.6 Å². The molecule has 0 amide bonds. The topological polar surface area (TPSA) is 66.2 Å². The molecule has 1 aromatic carbocycles. The van der Waals surface area contributed by atoms with E-state index in [1.165, 1.54) is 10.6 Å². The van der Waals surface area contributed by atoms with Crippen molar-refractivity contribution in [1.82, 2.24) is 23.1 Å². The molecule has 0 fully saturated rings. The molecule has 4 aromatic rings. The Balaban J connectivity index is 2.04. The first-order valence-electron chi connectivity index (χ1n) is 9.28. The second kappa shape index (κ2) is 6.47. The van der Waals surface area contributed by atoms with E-state index in [0.717, 1.165) is 16.7 Å². The minimum atomic E-state index is -0.520. The molecule has 0 saturated heterocycles. The SMILES string of the molecule is CCC(C)n1c(C)cn2c3c(=O)n(Cc4ccccc4F)c(=O)n(C)c3nc12. The van der Waals surface area contributed by atoms with Gasteiger partial charge in [0, 0.05) is 30.5 Å². The molecule has 0 N–H and O–H groups in total. The van der Waals surface area contributed by atoms with Crippen molar-refractivity contribution in [3.63, 3.8) is 0 Å². The molecule has 1 unspecified atom stereocenters. The average molecular weight is 383 g/mol. The molecule has 3 aromatic heterocycles. The van der Waals surface area contributed by atoms with Gasteiger partial charge < -0.3 is 4.57 Å². The minimum Gasteiger partial charge on any atom is -0.311 e. The lowest BCUT2D eigenvalue weighted by atomic mass is 10.2. The molecule has 0 bridgehead atoms. The fourth-order valence-electron chi connectivity index (χ4n) is 3.69. The van der Waals surface area contributed by atoms with E-state index in [0.29, 0.717) is 16.9 Å². The summed E-state index contributed by atoms with van der Waals surface area (Å²) < 4.78 is 20.3. The summed E-state index contributed by atoms with van der Waals surface area (Å²) in [5.41, 5.74) is 0.914. The summed E-state index contributed by atoms with van der Waals surface area (Å²) in [5, 5.41) is 0. The maximum atomic E-state index is 14.1. The summed E-state index contributed by atoms with van der Waals surface area (Å²) in [7, 11) is 1.58. The fourth-order valence-corrected chi connectivity index (χ4v) is 3.69. The van der Waals surface area contributed by atoms with Crippen LogP contribution in [0.25, 0.3) is 16.9 Å². The van der Waals surface area contributed by atoms with Crippen molar-refractivity contribution in [2.24, 2.45) is 7.05 Å². The molecule has 0 aliphatic carbocycles. The van der Waals surface area contributed by atoms with Crippen LogP contribution in [0.3, 0.4) is 0 Å². The van der Waals surface area contributed by atoms with Crippen LogP contribution in [0.4, 0.5) is 4.39 Å². The molecule has 4 rings (SSSR count). The van der Waals surface area contributed by atoms with E-state index in [4.69, 9.17) is 0 Å². The van der Waals surface area contributed by atoms with Crippen LogP contribution in [0.15, 0.2) is 40.1 Å². The highest BCUT2D eigenvalue weighted by Gasteiger charge is 2.21. The van der Waals surface area contributed by atoms with Gasteiger partial charge in [0.05, 0.1) is 6.54 Å². The Labute approximate surface area is 160 Å². The Bertz CT molecular complexity index is 1320. The lowest BCUT2D eigenvalue weighted by Crippen LogP contribution is -2.39. The number of halogens is 1. The standard InChI is InChI=1S/C20H22FN5O2/c1-5-12(2)26-13(3)10-24-16-17(22-19(24)26)23(4)20(28)25(18(16)27)11-14-8-6-7-9-15(14)21/h6-10,12H,5,11H2,1-4H3. The summed E-state index contributed by atoms with van der Waals surface area (Å²) >= 11 is 0. The van der Waals surface area contributed by atoms with Crippen molar-refractivity contribution in [1.29, 1.82) is 0 Å². The van der Waals surface area contributed by atoms with Gasteiger partial charge in [-0.05, 0) is 26.3 Å². The first kappa shape index (κ1) is 18.2. The predicted octanol–water partition coefficient (Wildman–Crippen LogP) is 2.62. The summed E-state index contributed by atoms with van der Waals surface area (Å²) in [6, 6.07) is 6.34. The van der Waals surface area contributed by atoms with Crippen LogP contribution in [0.5, 0.6) is 0 Å². The third kappa shape index (κ3) is 2.51. The second-order valence-electron chi connectivity index (χ2n) is 7.18. The first-order chi connectivity index (χ1) is 13.3. The Morgan fingerprint density at radius 2 is 1.93 bits per heavy atom. The van der Waals surface area contributed by atoms with Crippen molar-refractivity contribution >= 4 is 16.9 Å². The minimum absolute atomic E-state index is 0.133. The molecule has 0 aliphatic rings. The molecule has 0 saturated carbocycles. The number of rotatable bonds is 4. The van der Waals surface area contributed by atoms with Crippen LogP contribution in [-0.4, -0.2) is 23.1 Å². The fraction of sp³-hybridized carbons (Fsp3) is 0.350. The van der Waals surface area contributed by atoms with Gasteiger partial charge in [-0.2, -0.15) is 4.98 Å². The predicted molar refractivity (Wildman–Crippen MR) is 105 cm³/mol. The third-order valence-electron chi connectivity index (χ3n) is 5.39. The van der Waals surface area contributed by atoms with E-state index in [-0.39, 0.29) is 18.2 Å². The highest BCUT2D eigenvalue weighted by atomic mass is 19.1. The molecule has 3 heterocycles. The zero-order valence-electron chi connectivity index (χ0n) is 16.3. The largest absolute Gasteiger partial charge is 0.332 e. The lowest BCUT2D eigenvalue weighted by Gasteiger charge is -2.12. The highest BCUT2D eigenvalue weighted by molar-refractivity contribution is 5.75. The molecule has 1 atom stereocenters. The Hall–Kier alpha value is -3.16. The van der Waals surface area contributed by atoms with E-state index >= 15 is 0 Å². The van der Waals surface area contributed by atoms with Crippen molar-refractivity contribution in [2.75, 3.05) is 0 Å². The molecule has 28 heavy (non-hydrogen) atoms. The molecule has 146 valence electrons. The highest BCUT2D eigenvalue weighted by Crippen LogP contribution is 2.22. The number of aromatic nitrogens is 5. The number of imidazole rings is 2. The van der Waals surface area contributed by atoms with E-state index in [9.17, 15) is 14.0 Å². The zero-order valence-corrected chi connectivity index (χ0v) is 16.3. The maximum Gasteiger partial charge on any atom is 0.332 e. The zero-order chi connectivity index (χ0) is 20.2. The number of nitrogens with zero attached hydrogens (tertiary/aromatic N) is 5. The Kier molecular flexibility index (Phi) is 4.21. The quantitative estimate of drug-likeness (QED) is 0.544. The molecular formula is C20H22FN5O2. The Morgan fingerprint density at radius 3 is 2.61 bits per heavy atom. The second-order valence-corrected chi connectivity index (χ2v) is 7.18. The van der Waals surface area contributed by atoms with E-state index in [1.54, 1.807) is 29.6 Å². The number of aryl methyl sites for hydroxylation is 2. The molecule has 8 heteroatoms. The van der Waals surface area contributed by atoms with Crippen LogP contribution >= 0.6 is 0 Å². The smallest absolute Gasteiger partial charge is 0.311 e. The monoisotopic (exact) mass is 383 g/mol. The van der Waals surface area contributed by atoms with E-state index < -0.39 is 17.1 Å². The summed E-state index contributed by atoms with van der Waals surface area (Å²) in [6.45, 7) is 6.00. The molecule has 7 nitrogen and oxygen atoms in total. The van der Waals surface area contributed by atoms with Crippen molar-refractivity contribution < 1.29 is 4.39 Å². The van der Waals surface area contributed by atoms with Gasteiger partial charge in [-0.25, -0.2) is 9.18 Å². The lowest BCUT2D eigenvalue weighted by molar-refractivity contribution is 0.532. The van der Waals surface area contributed by atoms with Gasteiger partial charge in [-0.1, -0.05) is 25.1 Å². The van der Waals surface area contributed by atoms with Crippen molar-refractivity contribution in [3.05, 3.63) is 68.4 Å². The molecule has 0 radical (unpaired) electrons. The third-order valence-corrected chi connectivity index (χ3v) is 5.39. The number of fused-ring (bicyclic) bond motifs is 3. The summed E-state index contributed by atoms with van der Waals surface area (Å²) in [4.78, 5) is 30.6. The van der Waals surface area contributed by atoms with Crippen LogP contribution in [0.2, 0.25) is 0 Å². The van der Waals surface area contributed by atoms with E-state index in [1.807, 2.05) is 13.1 Å².